The zero-order chi connectivity index (χ0) is 40.0. The van der Waals surface area contributed by atoms with Gasteiger partial charge in [0.25, 0.3) is 0 Å². The fourth-order valence-electron chi connectivity index (χ4n) is 4.79. The average Bonchev–Trinajstić information content (AvgIpc) is 3.14. The third kappa shape index (κ3) is 35.9. The molecule has 0 heterocycles. The van der Waals surface area contributed by atoms with Crippen LogP contribution < -0.4 is 5.73 Å². The van der Waals surface area contributed by atoms with Crippen molar-refractivity contribution in [1.82, 2.24) is 0 Å². The predicted molar refractivity (Wildman–Crippen MR) is 217 cm³/mol. The number of carbonyl (C=O) groups is 3. The number of carboxylic acids is 1. The summed E-state index contributed by atoms with van der Waals surface area (Å²) in [7, 11) is -4.73. The number of esters is 2. The molecule has 3 atom stereocenters. The highest BCUT2D eigenvalue weighted by Gasteiger charge is 2.28. The van der Waals surface area contributed by atoms with Crippen LogP contribution in [0, 0.1) is 0 Å². The Morgan fingerprint density at radius 3 is 1.59 bits per heavy atom. The number of unbranched alkanes of at least 4 members (excludes halogenated alkanes) is 10. The molecule has 0 rings (SSSR count). The smallest absolute Gasteiger partial charge is 0.472 e. The number of allylic oxidation sites excluding steroid dienone is 12. The zero-order valence-electron chi connectivity index (χ0n) is 33.0. The number of nitrogens with two attached hydrogens (primary N) is 1. The van der Waals surface area contributed by atoms with Crippen LogP contribution in [-0.4, -0.2) is 59.9 Å². The average molecular weight is 780 g/mol. The van der Waals surface area contributed by atoms with Crippen LogP contribution in [0.15, 0.2) is 72.9 Å². The molecule has 54 heavy (non-hydrogen) atoms. The Kier molecular flexibility index (Phi) is 34.8. The largest absolute Gasteiger partial charge is 0.480 e. The second kappa shape index (κ2) is 36.9. The van der Waals surface area contributed by atoms with E-state index in [9.17, 15) is 23.8 Å². The number of carboxylic acid groups (broad SMARTS) is 1. The molecule has 12 heteroatoms. The maximum Gasteiger partial charge on any atom is 0.472 e. The lowest BCUT2D eigenvalue weighted by Crippen LogP contribution is -2.34. The van der Waals surface area contributed by atoms with Gasteiger partial charge in [-0.25, -0.2) is 4.57 Å². The monoisotopic (exact) mass is 779 g/mol. The van der Waals surface area contributed by atoms with E-state index in [1.807, 2.05) is 0 Å². The van der Waals surface area contributed by atoms with E-state index in [-0.39, 0.29) is 19.4 Å². The topological polar surface area (TPSA) is 172 Å². The van der Waals surface area contributed by atoms with Gasteiger partial charge >= 0.3 is 25.7 Å². The molecule has 0 saturated carbocycles. The molecule has 0 amide bonds. The van der Waals surface area contributed by atoms with Crippen molar-refractivity contribution in [3.8, 4) is 0 Å². The summed E-state index contributed by atoms with van der Waals surface area (Å²) in [4.78, 5) is 45.8. The summed E-state index contributed by atoms with van der Waals surface area (Å²) < 4.78 is 32.5. The van der Waals surface area contributed by atoms with Gasteiger partial charge < -0.3 is 25.2 Å². The number of aliphatic carboxylic acids is 1. The molecule has 0 aromatic heterocycles. The van der Waals surface area contributed by atoms with Gasteiger partial charge in [0.15, 0.2) is 6.10 Å². The summed E-state index contributed by atoms with van der Waals surface area (Å²) >= 11 is 0. The third-order valence-corrected chi connectivity index (χ3v) is 8.89. The first kappa shape index (κ1) is 50.9. The second-order valence-electron chi connectivity index (χ2n) is 13.0. The number of phosphoric acid groups is 1. The number of ether oxygens (including phenoxy) is 2. The fraction of sp³-hybridized carbons (Fsp3) is 0.643. The van der Waals surface area contributed by atoms with Gasteiger partial charge in [-0.3, -0.25) is 23.4 Å². The van der Waals surface area contributed by atoms with Gasteiger partial charge in [0.1, 0.15) is 12.6 Å². The highest BCUT2D eigenvalue weighted by molar-refractivity contribution is 7.47. The highest BCUT2D eigenvalue weighted by Crippen LogP contribution is 2.43. The van der Waals surface area contributed by atoms with E-state index < -0.39 is 51.1 Å². The molecule has 308 valence electrons. The van der Waals surface area contributed by atoms with E-state index in [1.165, 1.54) is 19.3 Å². The predicted octanol–water partition coefficient (Wildman–Crippen LogP) is 10.2. The molecule has 0 saturated heterocycles. The van der Waals surface area contributed by atoms with Crippen LogP contribution in [0.1, 0.15) is 142 Å². The molecule has 0 aliphatic heterocycles. The molecule has 0 bridgehead atoms. The number of rotatable bonds is 36. The summed E-state index contributed by atoms with van der Waals surface area (Å²) in [6.45, 7) is 2.57. The van der Waals surface area contributed by atoms with Gasteiger partial charge in [-0.05, 0) is 83.5 Å². The Morgan fingerprint density at radius 2 is 1.04 bits per heavy atom. The van der Waals surface area contributed by atoms with Crippen LogP contribution in [0.25, 0.3) is 0 Å². The minimum Gasteiger partial charge on any atom is -0.480 e. The summed E-state index contributed by atoms with van der Waals surface area (Å²) in [5.41, 5.74) is 5.32. The number of carbonyl (C=O) groups excluding carboxylic acids is 2. The maximum absolute atomic E-state index is 12.6. The van der Waals surface area contributed by atoms with E-state index in [4.69, 9.17) is 24.8 Å². The number of hydrogen-bond acceptors (Lipinski definition) is 9. The minimum absolute atomic E-state index is 0.102. The van der Waals surface area contributed by atoms with Crippen LogP contribution in [0.3, 0.4) is 0 Å². The molecule has 0 radical (unpaired) electrons. The first-order valence-electron chi connectivity index (χ1n) is 20.0. The molecule has 0 aromatic rings. The van der Waals surface area contributed by atoms with Gasteiger partial charge in [0, 0.05) is 12.8 Å². The maximum atomic E-state index is 12.6. The summed E-state index contributed by atoms with van der Waals surface area (Å²) in [5, 5.41) is 8.87. The van der Waals surface area contributed by atoms with Crippen molar-refractivity contribution in [3.63, 3.8) is 0 Å². The van der Waals surface area contributed by atoms with Crippen molar-refractivity contribution in [3.05, 3.63) is 72.9 Å². The normalized spacial score (nSPS) is 14.6. The van der Waals surface area contributed by atoms with Crippen molar-refractivity contribution >= 4 is 25.7 Å². The number of phosphoric ester groups is 1. The van der Waals surface area contributed by atoms with Crippen molar-refractivity contribution in [2.24, 2.45) is 5.73 Å². The van der Waals surface area contributed by atoms with Gasteiger partial charge in [0.05, 0.1) is 13.2 Å². The van der Waals surface area contributed by atoms with E-state index >= 15 is 0 Å². The van der Waals surface area contributed by atoms with E-state index in [1.54, 1.807) is 0 Å². The van der Waals surface area contributed by atoms with E-state index in [0.717, 1.165) is 83.5 Å². The molecule has 0 aliphatic rings. The minimum atomic E-state index is -4.73. The molecule has 1 unspecified atom stereocenters. The molecule has 0 aromatic carbocycles. The lowest BCUT2D eigenvalue weighted by molar-refractivity contribution is -0.161. The SMILES string of the molecule is CC/C=C\C/C=C\C/C=C\C/C=C\CCCCC(=O)O[C@H](COC(=O)CCCCCCC/C=C\C/C=C\CCCCC)COP(=O)(O)OC[C@H](N)C(=O)O. The Morgan fingerprint density at radius 1 is 0.593 bits per heavy atom. The standard InChI is InChI=1S/C42H70NO10P/c1-3-5-7-9-11-13-15-17-19-21-23-25-27-29-31-33-40(44)50-35-38(36-51-54(48,49)52-37-39(43)42(46)47)53-41(45)34-32-30-28-26-24-22-20-18-16-14-12-10-8-6-4-2/h6,8,11-14,17-20,24,26,38-39H,3-5,7,9-10,15-16,21-23,25,27-37,43H2,1-2H3,(H,46,47)(H,48,49)/b8-6-,13-11-,14-12-,19-17-,20-18-,26-24-/t38-,39+/m1/s1. The molecular formula is C42H70NO10P. The Bertz CT molecular complexity index is 1190. The first-order valence-corrected chi connectivity index (χ1v) is 21.5. The van der Waals surface area contributed by atoms with E-state index in [0.29, 0.717) is 12.8 Å². The van der Waals surface area contributed by atoms with Crippen LogP contribution >= 0.6 is 7.82 Å². The lowest BCUT2D eigenvalue weighted by atomic mass is 10.1. The molecule has 0 spiro atoms. The zero-order valence-corrected chi connectivity index (χ0v) is 33.9. The highest BCUT2D eigenvalue weighted by atomic mass is 31.2. The van der Waals surface area contributed by atoms with Crippen LogP contribution in [0.4, 0.5) is 0 Å². The molecule has 11 nitrogen and oxygen atoms in total. The lowest BCUT2D eigenvalue weighted by Gasteiger charge is -2.20. The van der Waals surface area contributed by atoms with Gasteiger partial charge in [-0.2, -0.15) is 0 Å². The fourth-order valence-corrected chi connectivity index (χ4v) is 5.57. The summed E-state index contributed by atoms with van der Waals surface area (Å²) in [6, 6.07) is -1.53. The van der Waals surface area contributed by atoms with Crippen molar-refractivity contribution in [2.75, 3.05) is 19.8 Å². The second-order valence-corrected chi connectivity index (χ2v) is 14.5. The Balaban J connectivity index is 4.53. The quantitative estimate of drug-likeness (QED) is 0.0239. The molecule has 0 fully saturated rings. The van der Waals surface area contributed by atoms with Gasteiger partial charge in [0.2, 0.25) is 0 Å². The summed E-state index contributed by atoms with van der Waals surface area (Å²) in [6.07, 6.45) is 42.6. The van der Waals surface area contributed by atoms with Crippen molar-refractivity contribution in [1.29, 1.82) is 0 Å². The van der Waals surface area contributed by atoms with E-state index in [2.05, 4.69) is 91.3 Å². The number of hydrogen-bond donors (Lipinski definition) is 3. The molecule has 4 N–H and O–H groups in total. The van der Waals surface area contributed by atoms with Crippen molar-refractivity contribution < 1.29 is 47.5 Å². The third-order valence-electron chi connectivity index (χ3n) is 7.94. The molecular weight excluding hydrogens is 709 g/mol. The van der Waals surface area contributed by atoms with Crippen LogP contribution in [0.5, 0.6) is 0 Å². The Labute approximate surface area is 325 Å². The first-order chi connectivity index (χ1) is 26.1. The van der Waals surface area contributed by atoms with Gasteiger partial charge in [-0.1, -0.05) is 119 Å². The Hall–Kier alpha value is -3.08. The van der Waals surface area contributed by atoms with Crippen molar-refractivity contribution in [2.45, 2.75) is 154 Å². The van der Waals surface area contributed by atoms with Crippen LogP contribution in [0.2, 0.25) is 0 Å². The van der Waals surface area contributed by atoms with Gasteiger partial charge in [-0.15, -0.1) is 0 Å². The van der Waals surface area contributed by atoms with Crippen LogP contribution in [-0.2, 0) is 37.5 Å². The summed E-state index contributed by atoms with van der Waals surface area (Å²) in [5.74, 6) is -2.46. The molecule has 0 aliphatic carbocycles.